The van der Waals surface area contributed by atoms with Crippen LogP contribution in [0.3, 0.4) is 0 Å². The maximum atomic E-state index is 11.3. The van der Waals surface area contributed by atoms with Crippen LogP contribution < -0.4 is 0 Å². The summed E-state index contributed by atoms with van der Waals surface area (Å²) < 4.78 is 9.85. The molecule has 1 heterocycles. The van der Waals surface area contributed by atoms with Crippen LogP contribution in [-0.2, 0) is 4.74 Å². The molecule has 0 aliphatic rings. The van der Waals surface area contributed by atoms with Gasteiger partial charge >= 0.3 is 11.9 Å². The quantitative estimate of drug-likeness (QED) is 0.759. The number of phenolic OH excluding ortho intramolecular Hbond substituents is 1. The number of hydrogen-bond donors (Lipinski definition) is 1. The van der Waals surface area contributed by atoms with Crippen LogP contribution in [0, 0.1) is 0 Å². The number of oxazole rings is 1. The standard InChI is InChI=1S/C10H9NO4/c1-2-14-10(13)9-11-7-4-3-6(12)5-8(7)15-9/h3-5,12H,2H2,1H3. The van der Waals surface area contributed by atoms with E-state index in [9.17, 15) is 9.90 Å². The van der Waals surface area contributed by atoms with Crippen molar-refractivity contribution in [2.45, 2.75) is 6.92 Å². The molecule has 0 saturated carbocycles. The molecular formula is C10H9NO4. The second-order valence-electron chi connectivity index (χ2n) is 2.89. The first-order valence-corrected chi connectivity index (χ1v) is 4.47. The largest absolute Gasteiger partial charge is 0.508 e. The number of ether oxygens (including phenoxy) is 1. The molecule has 0 radical (unpaired) electrons. The number of fused-ring (bicyclic) bond motifs is 1. The van der Waals surface area contributed by atoms with E-state index in [0.717, 1.165) is 0 Å². The highest BCUT2D eigenvalue weighted by Crippen LogP contribution is 2.20. The van der Waals surface area contributed by atoms with Crippen LogP contribution >= 0.6 is 0 Å². The average molecular weight is 207 g/mol. The van der Waals surface area contributed by atoms with Crippen molar-refractivity contribution in [1.82, 2.24) is 4.98 Å². The third-order valence-corrected chi connectivity index (χ3v) is 1.82. The van der Waals surface area contributed by atoms with Crippen molar-refractivity contribution in [2.24, 2.45) is 0 Å². The lowest BCUT2D eigenvalue weighted by Gasteiger charge is -1.94. The fraction of sp³-hybridized carbons (Fsp3) is 0.200. The number of carbonyl (C=O) groups excluding carboxylic acids is 1. The molecule has 0 atom stereocenters. The molecule has 0 saturated heterocycles. The minimum absolute atomic E-state index is 0.0639. The lowest BCUT2D eigenvalue weighted by Crippen LogP contribution is -2.04. The number of benzene rings is 1. The Balaban J connectivity index is 2.42. The first-order valence-electron chi connectivity index (χ1n) is 4.47. The van der Waals surface area contributed by atoms with Crippen LogP contribution in [0.2, 0.25) is 0 Å². The zero-order chi connectivity index (χ0) is 10.8. The van der Waals surface area contributed by atoms with Gasteiger partial charge in [0.2, 0.25) is 0 Å². The Hall–Kier alpha value is -2.04. The summed E-state index contributed by atoms with van der Waals surface area (Å²) in [5, 5.41) is 9.18. The van der Waals surface area contributed by atoms with Gasteiger partial charge in [0.15, 0.2) is 5.58 Å². The molecule has 78 valence electrons. The van der Waals surface area contributed by atoms with Crippen LogP contribution in [-0.4, -0.2) is 22.7 Å². The van der Waals surface area contributed by atoms with Crippen LogP contribution in [0.1, 0.15) is 17.6 Å². The Labute approximate surface area is 85.3 Å². The summed E-state index contributed by atoms with van der Waals surface area (Å²) in [4.78, 5) is 15.2. The summed E-state index contributed by atoms with van der Waals surface area (Å²) in [7, 11) is 0. The number of nitrogens with zero attached hydrogens (tertiary/aromatic N) is 1. The van der Waals surface area contributed by atoms with Crippen LogP contribution in [0.4, 0.5) is 0 Å². The fourth-order valence-electron chi connectivity index (χ4n) is 1.19. The molecule has 0 unspecified atom stereocenters. The van der Waals surface area contributed by atoms with E-state index >= 15 is 0 Å². The van der Waals surface area contributed by atoms with Gasteiger partial charge in [0.25, 0.3) is 0 Å². The minimum atomic E-state index is -0.604. The van der Waals surface area contributed by atoms with Gasteiger partial charge in [-0.3, -0.25) is 0 Å². The second kappa shape index (κ2) is 3.61. The second-order valence-corrected chi connectivity index (χ2v) is 2.89. The lowest BCUT2D eigenvalue weighted by atomic mass is 10.3. The summed E-state index contributed by atoms with van der Waals surface area (Å²) in [5.41, 5.74) is 0.869. The monoisotopic (exact) mass is 207 g/mol. The normalized spacial score (nSPS) is 10.5. The number of carbonyl (C=O) groups is 1. The van der Waals surface area contributed by atoms with E-state index in [2.05, 4.69) is 4.98 Å². The molecule has 1 aromatic carbocycles. The molecule has 0 bridgehead atoms. The maximum absolute atomic E-state index is 11.3. The number of rotatable bonds is 2. The molecule has 5 heteroatoms. The average Bonchev–Trinajstić information content (AvgIpc) is 2.60. The van der Waals surface area contributed by atoms with Gasteiger partial charge in [0.1, 0.15) is 11.3 Å². The van der Waals surface area contributed by atoms with Crippen molar-refractivity contribution in [3.05, 3.63) is 24.1 Å². The zero-order valence-electron chi connectivity index (χ0n) is 8.06. The summed E-state index contributed by atoms with van der Waals surface area (Å²) in [6.07, 6.45) is 0. The summed E-state index contributed by atoms with van der Waals surface area (Å²) in [6, 6.07) is 4.43. The van der Waals surface area contributed by atoms with Crippen LogP contribution in [0.15, 0.2) is 22.6 Å². The summed E-state index contributed by atoms with van der Waals surface area (Å²) >= 11 is 0. The third kappa shape index (κ3) is 1.76. The molecule has 0 amide bonds. The van der Waals surface area contributed by atoms with Gasteiger partial charge in [-0.2, -0.15) is 0 Å². The summed E-state index contributed by atoms with van der Waals surface area (Å²) in [6.45, 7) is 1.97. The van der Waals surface area contributed by atoms with Gasteiger partial charge in [-0.05, 0) is 19.1 Å². The van der Waals surface area contributed by atoms with Gasteiger partial charge in [-0.25, -0.2) is 9.78 Å². The molecule has 1 N–H and O–H groups in total. The lowest BCUT2D eigenvalue weighted by molar-refractivity contribution is 0.0483. The molecule has 0 aliphatic carbocycles. The molecule has 15 heavy (non-hydrogen) atoms. The highest BCUT2D eigenvalue weighted by molar-refractivity contribution is 5.88. The topological polar surface area (TPSA) is 72.6 Å². The van der Waals surface area contributed by atoms with Gasteiger partial charge in [-0.1, -0.05) is 0 Å². The highest BCUT2D eigenvalue weighted by atomic mass is 16.5. The van der Waals surface area contributed by atoms with Crippen molar-refractivity contribution in [2.75, 3.05) is 6.61 Å². The molecular weight excluding hydrogens is 198 g/mol. The van der Waals surface area contributed by atoms with E-state index in [4.69, 9.17) is 9.15 Å². The van der Waals surface area contributed by atoms with E-state index in [1.807, 2.05) is 0 Å². The van der Waals surface area contributed by atoms with Crippen LogP contribution in [0.25, 0.3) is 11.1 Å². The first kappa shape index (κ1) is 9.51. The SMILES string of the molecule is CCOC(=O)c1nc2ccc(O)cc2o1. The number of aromatic hydroxyl groups is 1. The van der Waals surface area contributed by atoms with Gasteiger partial charge in [-0.15, -0.1) is 0 Å². The van der Waals surface area contributed by atoms with Crippen molar-refractivity contribution in [3.8, 4) is 5.75 Å². The molecule has 2 rings (SSSR count). The van der Waals surface area contributed by atoms with Gasteiger partial charge < -0.3 is 14.3 Å². The zero-order valence-corrected chi connectivity index (χ0v) is 8.06. The molecule has 1 aromatic heterocycles. The number of hydrogen-bond acceptors (Lipinski definition) is 5. The predicted octanol–water partition coefficient (Wildman–Crippen LogP) is 1.71. The Morgan fingerprint density at radius 1 is 1.60 bits per heavy atom. The molecule has 0 aliphatic heterocycles. The minimum Gasteiger partial charge on any atom is -0.508 e. The Morgan fingerprint density at radius 3 is 3.13 bits per heavy atom. The Morgan fingerprint density at radius 2 is 2.40 bits per heavy atom. The number of aromatic nitrogens is 1. The molecule has 0 fully saturated rings. The van der Waals surface area contributed by atoms with E-state index < -0.39 is 5.97 Å². The maximum Gasteiger partial charge on any atom is 0.394 e. The van der Waals surface area contributed by atoms with Gasteiger partial charge in [0, 0.05) is 6.07 Å². The van der Waals surface area contributed by atoms with Crippen LogP contribution in [0.5, 0.6) is 5.75 Å². The van der Waals surface area contributed by atoms with Crippen molar-refractivity contribution >= 4 is 17.1 Å². The molecule has 2 aromatic rings. The first-order chi connectivity index (χ1) is 7.20. The smallest absolute Gasteiger partial charge is 0.394 e. The fourth-order valence-corrected chi connectivity index (χ4v) is 1.19. The van der Waals surface area contributed by atoms with E-state index in [1.165, 1.54) is 12.1 Å². The van der Waals surface area contributed by atoms with E-state index in [0.29, 0.717) is 11.1 Å². The van der Waals surface area contributed by atoms with E-state index in [1.54, 1.807) is 13.0 Å². The number of phenols is 1. The third-order valence-electron chi connectivity index (χ3n) is 1.82. The van der Waals surface area contributed by atoms with Gasteiger partial charge in [0.05, 0.1) is 6.61 Å². The Bertz CT molecular complexity index is 503. The van der Waals surface area contributed by atoms with Crippen molar-refractivity contribution in [3.63, 3.8) is 0 Å². The van der Waals surface area contributed by atoms with Crippen molar-refractivity contribution in [1.29, 1.82) is 0 Å². The summed E-state index contributed by atoms with van der Waals surface area (Å²) in [5.74, 6) is -0.639. The highest BCUT2D eigenvalue weighted by Gasteiger charge is 2.15. The number of esters is 1. The molecule has 0 spiro atoms. The predicted molar refractivity (Wildman–Crippen MR) is 51.6 cm³/mol. The molecule has 5 nitrogen and oxygen atoms in total. The van der Waals surface area contributed by atoms with E-state index in [-0.39, 0.29) is 18.2 Å². The Kier molecular flexibility index (Phi) is 2.29. The van der Waals surface area contributed by atoms with Crippen molar-refractivity contribution < 1.29 is 19.1 Å².